The molecule has 6 atom stereocenters. The molecule has 0 amide bonds. The summed E-state index contributed by atoms with van der Waals surface area (Å²) >= 11 is 12.1. The monoisotopic (exact) mass is 701 g/mol. The number of benzene rings is 1. The first-order chi connectivity index (χ1) is 21.9. The highest BCUT2D eigenvalue weighted by Gasteiger charge is 2.55. The number of fused-ring (bicyclic) bond motifs is 1. The van der Waals surface area contributed by atoms with Crippen LogP contribution in [0.15, 0.2) is 29.6 Å². The third kappa shape index (κ3) is 7.76. The fourth-order valence-electron chi connectivity index (χ4n) is 4.56. The number of nitrogens with one attached hydrogen (secondary N) is 1. The molecule has 20 heteroatoms. The molecule has 0 radical (unpaired) electrons. The maximum atomic E-state index is 14.1. The van der Waals surface area contributed by atoms with Gasteiger partial charge in [0, 0.05) is 11.0 Å². The van der Waals surface area contributed by atoms with Crippen LogP contribution in [-0.2, 0) is 23.4 Å². The van der Waals surface area contributed by atoms with Crippen molar-refractivity contribution in [2.24, 2.45) is 5.11 Å². The topological polar surface area (TPSA) is 231 Å². The lowest BCUT2D eigenvalue weighted by Crippen LogP contribution is -2.43. The normalized spacial score (nSPS) is 23.0. The van der Waals surface area contributed by atoms with Crippen LogP contribution in [0.1, 0.15) is 46.8 Å². The highest BCUT2D eigenvalue weighted by molar-refractivity contribution is 7.52. The largest absolute Gasteiger partial charge is 0.476 e. The molecule has 0 aliphatic carbocycles. The average Bonchev–Trinajstić information content (AvgIpc) is 3.52. The molecule has 1 saturated heterocycles. The molecule has 3 heterocycles. The first-order valence-electron chi connectivity index (χ1n) is 14.2. The summed E-state index contributed by atoms with van der Waals surface area (Å²) < 4.78 is 43.8. The van der Waals surface area contributed by atoms with Gasteiger partial charge in [0.25, 0.3) is 0 Å². The van der Waals surface area contributed by atoms with Crippen molar-refractivity contribution in [1.29, 1.82) is 0 Å². The van der Waals surface area contributed by atoms with Crippen LogP contribution < -0.4 is 20.1 Å². The number of ether oxygens (including phenoxy) is 3. The molecule has 0 bridgehead atoms. The smallest absolute Gasteiger partial charge is 0.459 e. The van der Waals surface area contributed by atoms with Crippen molar-refractivity contribution < 1.29 is 37.7 Å². The van der Waals surface area contributed by atoms with Crippen LogP contribution in [0.4, 0.5) is 5.95 Å². The van der Waals surface area contributed by atoms with Gasteiger partial charge < -0.3 is 29.6 Å². The Morgan fingerprint density at radius 3 is 2.78 bits per heavy atom. The lowest BCUT2D eigenvalue weighted by molar-refractivity contribution is -0.145. The number of aromatic nitrogens is 4. The second kappa shape index (κ2) is 15.0. The number of hydrogen-bond donors (Lipinski definition) is 3. The maximum Gasteiger partial charge on any atom is 0.459 e. The molecule has 1 fully saturated rings. The van der Waals surface area contributed by atoms with Gasteiger partial charge in [0.15, 0.2) is 17.4 Å². The van der Waals surface area contributed by atoms with E-state index in [0.717, 1.165) is 6.42 Å². The predicted octanol–water partition coefficient (Wildman–Crippen LogP) is 4.97. The van der Waals surface area contributed by atoms with Crippen LogP contribution in [0, 0.1) is 0 Å². The summed E-state index contributed by atoms with van der Waals surface area (Å²) in [5.41, 5.74) is 14.1. The van der Waals surface area contributed by atoms with Crippen molar-refractivity contribution in [3.05, 3.63) is 45.0 Å². The fourth-order valence-corrected chi connectivity index (χ4v) is 6.35. The van der Waals surface area contributed by atoms with Crippen LogP contribution in [0.5, 0.6) is 11.6 Å². The number of carbonyl (C=O) groups is 1. The van der Waals surface area contributed by atoms with Gasteiger partial charge in [-0.3, -0.25) is 13.9 Å². The summed E-state index contributed by atoms with van der Waals surface area (Å²) in [6, 6.07) is 3.01. The van der Waals surface area contributed by atoms with Gasteiger partial charge in [-0.25, -0.2) is 9.55 Å². The Balaban J connectivity index is 1.62. The molecule has 4 rings (SSSR count). The molecule has 0 saturated carbocycles. The van der Waals surface area contributed by atoms with Crippen molar-refractivity contribution in [2.45, 2.75) is 70.6 Å². The van der Waals surface area contributed by atoms with Crippen LogP contribution in [0.25, 0.3) is 21.6 Å². The van der Waals surface area contributed by atoms with E-state index in [1.807, 2.05) is 6.92 Å². The number of hydrogen-bond acceptors (Lipinski definition) is 13. The molecule has 46 heavy (non-hydrogen) atoms. The van der Waals surface area contributed by atoms with E-state index in [0.29, 0.717) is 6.42 Å². The van der Waals surface area contributed by atoms with Crippen molar-refractivity contribution >= 4 is 54.0 Å². The van der Waals surface area contributed by atoms with Crippen LogP contribution in [-0.4, -0.2) is 74.2 Å². The predicted molar refractivity (Wildman–Crippen MR) is 167 cm³/mol. The van der Waals surface area contributed by atoms with E-state index in [9.17, 15) is 20.0 Å². The standard InChI is InChI=1S/C26H34Cl2N9O8P/c1-5-7-10-42-23(39)14(3)34-46(40,45-15-8-9-16(27)17(28)11-15)43-12-18-20(38)26(4,35-36-30)24(44-18)37-13-31-19-21(37)32-25(29)33-22(19)41-6-2/h8-9,11,13-14,18,20,24,38H,5-7,10,12H2,1-4H3,(H,34,40)(H2,29,32,33)/t14-,18+,20+,24+,26+,46?/m0/s1. The minimum absolute atomic E-state index is 0.00808. The molecular weight excluding hydrogens is 668 g/mol. The zero-order chi connectivity index (χ0) is 33.6. The molecule has 2 aromatic heterocycles. The van der Waals surface area contributed by atoms with Crippen LogP contribution in [0.3, 0.4) is 0 Å². The van der Waals surface area contributed by atoms with Crippen LogP contribution >= 0.6 is 30.9 Å². The highest BCUT2D eigenvalue weighted by Crippen LogP contribution is 2.49. The Morgan fingerprint density at radius 2 is 2.11 bits per heavy atom. The van der Waals surface area contributed by atoms with E-state index in [1.54, 1.807) is 6.92 Å². The number of halogens is 2. The molecule has 1 aliphatic heterocycles. The number of carbonyl (C=O) groups excluding carboxylic acids is 1. The van der Waals surface area contributed by atoms with E-state index in [-0.39, 0.29) is 52.0 Å². The quantitative estimate of drug-likeness (QED) is 0.0475. The summed E-state index contributed by atoms with van der Waals surface area (Å²) in [5, 5.41) is 18.1. The summed E-state index contributed by atoms with van der Waals surface area (Å²) in [5.74, 6) is -0.673. The summed E-state index contributed by atoms with van der Waals surface area (Å²) in [6.45, 7) is 6.47. The second-order valence-corrected chi connectivity index (χ2v) is 12.9. The molecule has 1 aliphatic rings. The lowest BCUT2D eigenvalue weighted by atomic mass is 9.93. The van der Waals surface area contributed by atoms with Gasteiger partial charge in [0.2, 0.25) is 11.8 Å². The van der Waals surface area contributed by atoms with Crippen molar-refractivity contribution in [3.63, 3.8) is 0 Å². The molecule has 3 aromatic rings. The van der Waals surface area contributed by atoms with E-state index >= 15 is 0 Å². The van der Waals surface area contributed by atoms with E-state index in [1.165, 1.54) is 42.9 Å². The Labute approximate surface area is 273 Å². The van der Waals surface area contributed by atoms with Gasteiger partial charge in [0.1, 0.15) is 23.4 Å². The number of nitrogens with two attached hydrogens (primary N) is 1. The summed E-state index contributed by atoms with van der Waals surface area (Å²) in [7, 11) is -4.42. The summed E-state index contributed by atoms with van der Waals surface area (Å²) in [4.78, 5) is 28.1. The molecule has 17 nitrogen and oxygen atoms in total. The Bertz CT molecular complexity index is 1660. The van der Waals surface area contributed by atoms with Crippen molar-refractivity contribution in [1.82, 2.24) is 24.6 Å². The number of azide groups is 1. The molecular formula is C26H34Cl2N9O8P. The number of aliphatic hydroxyl groups is 1. The van der Waals surface area contributed by atoms with E-state index < -0.39 is 50.3 Å². The van der Waals surface area contributed by atoms with Crippen LogP contribution in [0.2, 0.25) is 10.0 Å². The molecule has 250 valence electrons. The van der Waals surface area contributed by atoms with Gasteiger partial charge in [0.05, 0.1) is 42.3 Å². The fraction of sp³-hybridized carbons (Fsp3) is 0.538. The van der Waals surface area contributed by atoms with Gasteiger partial charge in [-0.1, -0.05) is 41.7 Å². The number of unbranched alkanes of at least 4 members (excludes halogenated alkanes) is 1. The summed E-state index contributed by atoms with van der Waals surface area (Å²) in [6.07, 6.45) is -1.16. The lowest BCUT2D eigenvalue weighted by Gasteiger charge is -2.28. The number of nitrogens with zero attached hydrogens (tertiary/aromatic N) is 7. The first kappa shape index (κ1) is 35.5. The number of aliphatic hydroxyl groups excluding tert-OH is 1. The van der Waals surface area contributed by atoms with Crippen molar-refractivity contribution in [2.75, 3.05) is 25.6 Å². The Hall–Kier alpha value is -3.40. The van der Waals surface area contributed by atoms with E-state index in [4.69, 9.17) is 52.2 Å². The second-order valence-electron chi connectivity index (χ2n) is 10.4. The maximum absolute atomic E-state index is 14.1. The minimum atomic E-state index is -4.42. The zero-order valence-corrected chi connectivity index (χ0v) is 27.8. The van der Waals surface area contributed by atoms with E-state index in [2.05, 4.69) is 30.1 Å². The highest BCUT2D eigenvalue weighted by atomic mass is 35.5. The molecule has 0 spiro atoms. The number of nitrogen functional groups attached to an aromatic ring is 1. The molecule has 4 N–H and O–H groups in total. The number of imidazole rings is 1. The van der Waals surface area contributed by atoms with Gasteiger partial charge in [-0.05, 0) is 44.9 Å². The van der Waals surface area contributed by atoms with Gasteiger partial charge in [-0.15, -0.1) is 0 Å². The van der Waals surface area contributed by atoms with Gasteiger partial charge in [-0.2, -0.15) is 15.1 Å². The number of esters is 1. The Morgan fingerprint density at radius 1 is 1.35 bits per heavy atom. The zero-order valence-electron chi connectivity index (χ0n) is 25.4. The number of rotatable bonds is 15. The third-order valence-corrected chi connectivity index (χ3v) is 9.31. The van der Waals surface area contributed by atoms with Crippen molar-refractivity contribution in [3.8, 4) is 11.6 Å². The minimum Gasteiger partial charge on any atom is -0.476 e. The van der Waals surface area contributed by atoms with Gasteiger partial charge >= 0.3 is 13.7 Å². The first-order valence-corrected chi connectivity index (χ1v) is 16.5. The number of anilines is 1. The average molecular weight is 702 g/mol. The third-order valence-electron chi connectivity index (χ3n) is 6.93. The SMILES string of the molecule is CCCCOC(=O)[C@H](C)NP(=O)(OC[C@H]1O[C@@H](n2cnc3c(OCC)nc(N)nc32)[C@](C)(N=[N+]=[N-])[C@@H]1O)Oc1ccc(Cl)c(Cl)c1. The Kier molecular flexibility index (Phi) is 11.6. The molecule has 1 unspecified atom stereocenters. The molecule has 1 aromatic carbocycles.